The molecule has 1 aromatic rings. The zero-order valence-corrected chi connectivity index (χ0v) is 11.2. The number of nitrogens with zero attached hydrogens (tertiary/aromatic N) is 2. The van der Waals surface area contributed by atoms with Crippen molar-refractivity contribution in [3.05, 3.63) is 28.3 Å². The summed E-state index contributed by atoms with van der Waals surface area (Å²) in [6, 6.07) is 4.99. The fraction of sp³-hybridized carbons (Fsp3) is 0.538. The van der Waals surface area contributed by atoms with Gasteiger partial charge in [0.05, 0.1) is 4.92 Å². The first-order valence-electron chi connectivity index (χ1n) is 6.62. The Morgan fingerprint density at radius 3 is 2.58 bits per heavy atom. The number of benzene rings is 1. The normalized spacial score (nSPS) is 15.4. The number of likely N-dealkylation sites (tertiary alicyclic amines) is 1. The van der Waals surface area contributed by atoms with Gasteiger partial charge in [-0.25, -0.2) is 0 Å². The second-order valence-corrected chi connectivity index (χ2v) is 4.75. The zero-order valence-electron chi connectivity index (χ0n) is 11.2. The zero-order chi connectivity index (χ0) is 13.7. The van der Waals surface area contributed by atoms with Gasteiger partial charge in [-0.05, 0) is 32.0 Å². The monoisotopic (exact) mass is 264 g/mol. The van der Waals surface area contributed by atoms with Crippen molar-refractivity contribution in [2.45, 2.75) is 12.8 Å². The SMILES string of the molecule is CNc1cc(NCCN2CCCC2)cc([N+](=O)[O-])c1. The van der Waals surface area contributed by atoms with Gasteiger partial charge in [0, 0.05) is 43.6 Å². The molecule has 1 aliphatic rings. The Morgan fingerprint density at radius 2 is 1.95 bits per heavy atom. The highest BCUT2D eigenvalue weighted by molar-refractivity contribution is 5.63. The van der Waals surface area contributed by atoms with E-state index >= 15 is 0 Å². The number of nitrogens with one attached hydrogen (secondary N) is 2. The molecule has 1 heterocycles. The molecule has 0 unspecified atom stereocenters. The Kier molecular flexibility index (Phi) is 4.57. The van der Waals surface area contributed by atoms with Crippen molar-refractivity contribution in [1.29, 1.82) is 0 Å². The smallest absolute Gasteiger partial charge is 0.273 e. The van der Waals surface area contributed by atoms with E-state index in [9.17, 15) is 10.1 Å². The van der Waals surface area contributed by atoms with Crippen LogP contribution in [-0.2, 0) is 0 Å². The van der Waals surface area contributed by atoms with E-state index in [-0.39, 0.29) is 10.6 Å². The summed E-state index contributed by atoms with van der Waals surface area (Å²) in [6.07, 6.45) is 2.56. The Labute approximate surface area is 112 Å². The minimum absolute atomic E-state index is 0.107. The topological polar surface area (TPSA) is 70.4 Å². The van der Waals surface area contributed by atoms with Crippen LogP contribution in [0.1, 0.15) is 12.8 Å². The lowest BCUT2D eigenvalue weighted by molar-refractivity contribution is -0.384. The van der Waals surface area contributed by atoms with Crippen molar-refractivity contribution < 1.29 is 4.92 Å². The van der Waals surface area contributed by atoms with E-state index in [1.807, 2.05) is 6.07 Å². The van der Waals surface area contributed by atoms with Crippen LogP contribution in [0.15, 0.2) is 18.2 Å². The highest BCUT2D eigenvalue weighted by Crippen LogP contribution is 2.23. The predicted octanol–water partition coefficient (Wildman–Crippen LogP) is 2.14. The molecule has 0 radical (unpaired) electrons. The number of nitro groups is 1. The van der Waals surface area contributed by atoms with Crippen LogP contribution in [0.2, 0.25) is 0 Å². The van der Waals surface area contributed by atoms with Crippen LogP contribution in [0.25, 0.3) is 0 Å². The first kappa shape index (κ1) is 13.6. The third-order valence-corrected chi connectivity index (χ3v) is 3.37. The van der Waals surface area contributed by atoms with Crippen LogP contribution >= 0.6 is 0 Å². The molecule has 2 rings (SSSR count). The van der Waals surface area contributed by atoms with Gasteiger partial charge in [-0.15, -0.1) is 0 Å². The third-order valence-electron chi connectivity index (χ3n) is 3.37. The molecule has 1 fully saturated rings. The first-order valence-corrected chi connectivity index (χ1v) is 6.62. The molecule has 1 aliphatic heterocycles. The molecule has 2 N–H and O–H groups in total. The van der Waals surface area contributed by atoms with Gasteiger partial charge in [0.15, 0.2) is 0 Å². The summed E-state index contributed by atoms with van der Waals surface area (Å²) in [5.41, 5.74) is 1.64. The van der Waals surface area contributed by atoms with E-state index in [4.69, 9.17) is 0 Å². The average molecular weight is 264 g/mol. The molecule has 0 aliphatic carbocycles. The first-order chi connectivity index (χ1) is 9.19. The maximum absolute atomic E-state index is 10.8. The molecule has 104 valence electrons. The molecule has 0 amide bonds. The van der Waals surface area contributed by atoms with E-state index < -0.39 is 0 Å². The van der Waals surface area contributed by atoms with Crippen LogP contribution in [0.3, 0.4) is 0 Å². The number of nitro benzene ring substituents is 1. The summed E-state index contributed by atoms with van der Waals surface area (Å²) >= 11 is 0. The van der Waals surface area contributed by atoms with Crippen molar-refractivity contribution in [2.24, 2.45) is 0 Å². The van der Waals surface area contributed by atoms with Crippen molar-refractivity contribution in [3.63, 3.8) is 0 Å². The summed E-state index contributed by atoms with van der Waals surface area (Å²) in [7, 11) is 1.76. The lowest BCUT2D eigenvalue weighted by atomic mass is 10.2. The summed E-state index contributed by atoms with van der Waals surface area (Å²) in [4.78, 5) is 12.9. The van der Waals surface area contributed by atoms with E-state index in [0.29, 0.717) is 0 Å². The molecule has 0 aromatic heterocycles. The molecule has 6 nitrogen and oxygen atoms in total. The van der Waals surface area contributed by atoms with Gasteiger partial charge in [-0.1, -0.05) is 0 Å². The largest absolute Gasteiger partial charge is 0.388 e. The Morgan fingerprint density at radius 1 is 1.26 bits per heavy atom. The van der Waals surface area contributed by atoms with E-state index in [0.717, 1.165) is 24.5 Å². The molecule has 0 saturated carbocycles. The van der Waals surface area contributed by atoms with Crippen LogP contribution in [0.4, 0.5) is 17.1 Å². The molecule has 1 saturated heterocycles. The number of non-ortho nitro benzene ring substituents is 1. The second-order valence-electron chi connectivity index (χ2n) is 4.75. The number of anilines is 2. The Hall–Kier alpha value is -1.82. The van der Waals surface area contributed by atoms with Gasteiger partial charge < -0.3 is 15.5 Å². The average Bonchev–Trinajstić information content (AvgIpc) is 2.91. The predicted molar refractivity (Wildman–Crippen MR) is 76.8 cm³/mol. The molecule has 0 spiro atoms. The van der Waals surface area contributed by atoms with Crippen molar-refractivity contribution in [1.82, 2.24) is 4.90 Å². The van der Waals surface area contributed by atoms with Gasteiger partial charge >= 0.3 is 0 Å². The molecule has 0 atom stereocenters. The fourth-order valence-electron chi connectivity index (χ4n) is 2.33. The second kappa shape index (κ2) is 6.38. The lowest BCUT2D eigenvalue weighted by Gasteiger charge is -2.15. The lowest BCUT2D eigenvalue weighted by Crippen LogP contribution is -2.25. The quantitative estimate of drug-likeness (QED) is 0.608. The van der Waals surface area contributed by atoms with Gasteiger partial charge in [-0.2, -0.15) is 0 Å². The highest BCUT2D eigenvalue weighted by atomic mass is 16.6. The molecular weight excluding hydrogens is 244 g/mol. The third kappa shape index (κ3) is 3.82. The van der Waals surface area contributed by atoms with E-state index in [1.54, 1.807) is 13.1 Å². The standard InChI is InChI=1S/C13H20N4O2/c1-14-11-8-12(10-13(9-11)17(18)19)15-4-7-16-5-2-3-6-16/h8-10,14-15H,2-7H2,1H3. The van der Waals surface area contributed by atoms with Crippen LogP contribution in [0.5, 0.6) is 0 Å². The molecule has 0 bridgehead atoms. The highest BCUT2D eigenvalue weighted by Gasteiger charge is 2.12. The fourth-order valence-corrected chi connectivity index (χ4v) is 2.33. The van der Waals surface area contributed by atoms with E-state index in [1.165, 1.54) is 32.0 Å². The van der Waals surface area contributed by atoms with Crippen molar-refractivity contribution >= 4 is 17.1 Å². The Balaban J connectivity index is 1.94. The van der Waals surface area contributed by atoms with Gasteiger partial charge in [0.2, 0.25) is 0 Å². The molecule has 19 heavy (non-hydrogen) atoms. The van der Waals surface area contributed by atoms with Gasteiger partial charge in [-0.3, -0.25) is 10.1 Å². The molecule has 6 heteroatoms. The summed E-state index contributed by atoms with van der Waals surface area (Å²) < 4.78 is 0. The van der Waals surface area contributed by atoms with Crippen LogP contribution < -0.4 is 10.6 Å². The maximum Gasteiger partial charge on any atom is 0.273 e. The molecule has 1 aromatic carbocycles. The van der Waals surface area contributed by atoms with Crippen molar-refractivity contribution in [3.8, 4) is 0 Å². The summed E-state index contributed by atoms with van der Waals surface area (Å²) in [5, 5.41) is 17.0. The summed E-state index contributed by atoms with van der Waals surface area (Å²) in [5.74, 6) is 0. The van der Waals surface area contributed by atoms with Crippen molar-refractivity contribution in [2.75, 3.05) is 43.9 Å². The molecular formula is C13H20N4O2. The minimum Gasteiger partial charge on any atom is -0.388 e. The minimum atomic E-state index is -0.369. The van der Waals surface area contributed by atoms with Crippen LogP contribution in [0, 0.1) is 10.1 Å². The Bertz CT molecular complexity index is 444. The number of rotatable bonds is 6. The maximum atomic E-state index is 10.8. The van der Waals surface area contributed by atoms with Gasteiger partial charge in [0.25, 0.3) is 5.69 Å². The number of hydrogen-bond donors (Lipinski definition) is 2. The summed E-state index contributed by atoms with van der Waals surface area (Å²) in [6.45, 7) is 4.12. The number of hydrogen-bond acceptors (Lipinski definition) is 5. The van der Waals surface area contributed by atoms with E-state index in [2.05, 4.69) is 15.5 Å². The van der Waals surface area contributed by atoms with Crippen LogP contribution in [-0.4, -0.2) is 43.0 Å². The van der Waals surface area contributed by atoms with Gasteiger partial charge in [0.1, 0.15) is 0 Å².